The first-order chi connectivity index (χ1) is 13.1. The largest absolute Gasteiger partial charge is 0.854 e. The number of rotatable bonds is 3. The third kappa shape index (κ3) is 3.55. The van der Waals surface area contributed by atoms with Gasteiger partial charge in [-0.2, -0.15) is 0 Å². The number of fused-ring (bicyclic) bond motifs is 1. The molecule has 0 spiro atoms. The molecular weight excluding hydrogens is 339 g/mol. The maximum absolute atomic E-state index is 13.7. The van der Waals surface area contributed by atoms with E-state index in [1.807, 2.05) is 55.5 Å². The summed E-state index contributed by atoms with van der Waals surface area (Å²) in [5.41, 5.74) is 3.26. The molecule has 1 heterocycles. The molecule has 1 aromatic heterocycles. The van der Waals surface area contributed by atoms with Crippen LogP contribution in [0.4, 0.5) is 4.39 Å². The second-order valence-electron chi connectivity index (χ2n) is 6.41. The van der Waals surface area contributed by atoms with Gasteiger partial charge < -0.3 is 5.11 Å². The fourth-order valence-electron chi connectivity index (χ4n) is 2.96. The van der Waals surface area contributed by atoms with Crippen LogP contribution in [0.15, 0.2) is 90.2 Å². The summed E-state index contributed by atoms with van der Waals surface area (Å²) >= 11 is 0. The zero-order chi connectivity index (χ0) is 18.8. The number of benzene rings is 3. The van der Waals surface area contributed by atoms with Gasteiger partial charge in [0.05, 0.1) is 11.3 Å². The average molecular weight is 356 g/mol. The Morgan fingerprint density at radius 2 is 1.63 bits per heavy atom. The van der Waals surface area contributed by atoms with E-state index in [2.05, 4.69) is 5.10 Å². The molecule has 4 aromatic rings. The number of aryl methyl sites for hydroxylation is 1. The van der Waals surface area contributed by atoms with Crippen LogP contribution in [0, 0.1) is 12.7 Å². The van der Waals surface area contributed by atoms with E-state index in [0.29, 0.717) is 10.9 Å². The number of halogens is 1. The zero-order valence-corrected chi connectivity index (χ0v) is 14.8. The molecule has 0 saturated heterocycles. The Kier molecular flexibility index (Phi) is 4.38. The van der Waals surface area contributed by atoms with Crippen molar-refractivity contribution in [3.8, 4) is 11.3 Å². The van der Waals surface area contributed by atoms with E-state index in [4.69, 9.17) is 0 Å². The smallest absolute Gasteiger partial charge is 0.245 e. The SMILES string of the molecule is Cc1ccc(/C([O-])=N/[n+]2cc3cc(F)ccc3cc2-c2ccccc2)cc1. The molecule has 3 nitrogen and oxygen atoms in total. The van der Waals surface area contributed by atoms with Crippen molar-refractivity contribution >= 4 is 16.7 Å². The molecule has 0 aliphatic heterocycles. The fraction of sp³-hybridized carbons (Fsp3) is 0.0435. The standard InChI is InChI=1S/C23H17FN2O/c1-16-7-9-18(10-8-16)23(27)25-26-15-20-13-21(24)12-11-19(20)14-22(26)17-5-3-2-4-6-17/h2-15H,1H3. The highest BCUT2D eigenvalue weighted by atomic mass is 19.1. The Morgan fingerprint density at radius 1 is 0.889 bits per heavy atom. The van der Waals surface area contributed by atoms with Gasteiger partial charge in [0.25, 0.3) is 0 Å². The normalized spacial score (nSPS) is 11.7. The Hall–Kier alpha value is -3.53. The van der Waals surface area contributed by atoms with E-state index < -0.39 is 0 Å². The summed E-state index contributed by atoms with van der Waals surface area (Å²) in [6.07, 6.45) is 1.69. The number of aromatic nitrogens is 1. The second kappa shape index (κ2) is 7.00. The van der Waals surface area contributed by atoms with Crippen molar-refractivity contribution in [2.24, 2.45) is 5.10 Å². The molecule has 0 saturated carbocycles. The average Bonchev–Trinajstić information content (AvgIpc) is 2.68. The minimum atomic E-state index is -0.354. The molecule has 0 amide bonds. The highest BCUT2D eigenvalue weighted by Gasteiger charge is 2.16. The molecule has 0 bridgehead atoms. The van der Waals surface area contributed by atoms with Crippen molar-refractivity contribution in [2.45, 2.75) is 6.92 Å². The molecule has 4 rings (SSSR count). The van der Waals surface area contributed by atoms with E-state index in [-0.39, 0.29) is 11.7 Å². The number of nitrogens with zero attached hydrogens (tertiary/aromatic N) is 2. The second-order valence-corrected chi connectivity index (χ2v) is 6.41. The maximum atomic E-state index is 13.7. The molecule has 0 radical (unpaired) electrons. The lowest BCUT2D eigenvalue weighted by Gasteiger charge is -2.09. The van der Waals surface area contributed by atoms with E-state index in [1.165, 1.54) is 16.8 Å². The number of hydrogen-bond acceptors (Lipinski definition) is 2. The lowest BCUT2D eigenvalue weighted by Crippen LogP contribution is -2.36. The summed E-state index contributed by atoms with van der Waals surface area (Å²) in [5, 5.41) is 18.5. The molecule has 4 heteroatoms. The minimum absolute atomic E-state index is 0.327. The molecule has 0 unspecified atom stereocenters. The predicted molar refractivity (Wildman–Crippen MR) is 103 cm³/mol. The van der Waals surface area contributed by atoms with Gasteiger partial charge in [-0.25, -0.2) is 4.39 Å². The van der Waals surface area contributed by atoms with Gasteiger partial charge in [0.2, 0.25) is 11.9 Å². The van der Waals surface area contributed by atoms with Gasteiger partial charge in [-0.3, -0.25) is 0 Å². The highest BCUT2D eigenvalue weighted by Crippen LogP contribution is 2.21. The molecular formula is C23H17FN2O. The van der Waals surface area contributed by atoms with E-state index >= 15 is 0 Å². The fourth-order valence-corrected chi connectivity index (χ4v) is 2.96. The number of pyridine rings is 1. The minimum Gasteiger partial charge on any atom is -0.854 e. The molecule has 0 aliphatic carbocycles. The summed E-state index contributed by atoms with van der Waals surface area (Å²) < 4.78 is 15.2. The van der Waals surface area contributed by atoms with Crippen LogP contribution < -0.4 is 9.78 Å². The van der Waals surface area contributed by atoms with Crippen molar-refractivity contribution in [1.29, 1.82) is 0 Å². The quantitative estimate of drug-likeness (QED) is 0.313. The topological polar surface area (TPSA) is 39.3 Å². The van der Waals surface area contributed by atoms with Crippen LogP contribution >= 0.6 is 0 Å². The molecule has 0 fully saturated rings. The van der Waals surface area contributed by atoms with Gasteiger partial charge in [-0.05, 0) is 47.2 Å². The van der Waals surface area contributed by atoms with E-state index in [0.717, 1.165) is 22.2 Å². The van der Waals surface area contributed by atoms with Gasteiger partial charge in [-0.1, -0.05) is 58.8 Å². The van der Waals surface area contributed by atoms with Crippen LogP contribution in [0.25, 0.3) is 22.0 Å². The maximum Gasteiger partial charge on any atom is 0.245 e. The Balaban J connectivity index is 1.91. The number of hydrogen-bond donors (Lipinski definition) is 0. The summed E-state index contributed by atoms with van der Waals surface area (Å²) in [7, 11) is 0. The monoisotopic (exact) mass is 356 g/mol. The third-order valence-corrected chi connectivity index (χ3v) is 4.42. The van der Waals surface area contributed by atoms with Gasteiger partial charge >= 0.3 is 0 Å². The van der Waals surface area contributed by atoms with Gasteiger partial charge in [0, 0.05) is 11.6 Å². The Morgan fingerprint density at radius 3 is 2.37 bits per heavy atom. The molecule has 27 heavy (non-hydrogen) atoms. The van der Waals surface area contributed by atoms with Crippen molar-refractivity contribution in [3.05, 3.63) is 102 Å². The molecule has 0 N–H and O–H groups in total. The van der Waals surface area contributed by atoms with Crippen LogP contribution in [0.5, 0.6) is 0 Å². The molecule has 3 aromatic carbocycles. The summed E-state index contributed by atoms with van der Waals surface area (Å²) in [5.74, 6) is -0.681. The first-order valence-corrected chi connectivity index (χ1v) is 8.63. The van der Waals surface area contributed by atoms with Gasteiger partial charge in [0.1, 0.15) is 5.82 Å². The lowest BCUT2D eigenvalue weighted by molar-refractivity contribution is -0.669. The van der Waals surface area contributed by atoms with Crippen LogP contribution in [0.3, 0.4) is 0 Å². The van der Waals surface area contributed by atoms with E-state index in [9.17, 15) is 9.50 Å². The summed E-state index contributed by atoms with van der Waals surface area (Å²) in [6, 6.07) is 23.4. The summed E-state index contributed by atoms with van der Waals surface area (Å²) in [6.45, 7) is 1.96. The van der Waals surface area contributed by atoms with Crippen LogP contribution in [0.1, 0.15) is 11.1 Å². The van der Waals surface area contributed by atoms with Crippen LogP contribution in [-0.2, 0) is 0 Å². The van der Waals surface area contributed by atoms with Gasteiger partial charge in [-0.15, -0.1) is 0 Å². The van der Waals surface area contributed by atoms with Crippen molar-refractivity contribution in [1.82, 2.24) is 0 Å². The first-order valence-electron chi connectivity index (χ1n) is 8.63. The van der Waals surface area contributed by atoms with Gasteiger partial charge in [0.15, 0.2) is 0 Å². The molecule has 0 atom stereocenters. The third-order valence-electron chi connectivity index (χ3n) is 4.42. The summed E-state index contributed by atoms with van der Waals surface area (Å²) in [4.78, 5) is 0. The van der Waals surface area contributed by atoms with Crippen molar-refractivity contribution in [2.75, 3.05) is 0 Å². The highest BCUT2D eigenvalue weighted by molar-refractivity contribution is 5.90. The van der Waals surface area contributed by atoms with E-state index in [1.54, 1.807) is 24.4 Å². The first kappa shape index (κ1) is 16.9. The van der Waals surface area contributed by atoms with Crippen molar-refractivity contribution < 1.29 is 14.2 Å². The van der Waals surface area contributed by atoms with Crippen molar-refractivity contribution in [3.63, 3.8) is 0 Å². The van der Waals surface area contributed by atoms with Crippen LogP contribution in [0.2, 0.25) is 0 Å². The molecule has 0 aliphatic rings. The Labute approximate surface area is 156 Å². The Bertz CT molecular complexity index is 1140. The van der Waals surface area contributed by atoms with Crippen LogP contribution in [-0.4, -0.2) is 5.90 Å². The predicted octanol–water partition coefficient (Wildman–Crippen LogP) is 3.81. The lowest BCUT2D eigenvalue weighted by atomic mass is 10.1. The zero-order valence-electron chi connectivity index (χ0n) is 14.8. The molecule has 132 valence electrons.